The first-order valence-corrected chi connectivity index (χ1v) is 8.87. The van der Waals surface area contributed by atoms with Gasteiger partial charge >= 0.3 is 17.9 Å². The van der Waals surface area contributed by atoms with Crippen LogP contribution in [-0.2, 0) is 0 Å². The molecule has 10 nitrogen and oxygen atoms in total. The number of nitrogens with one attached hydrogen (secondary N) is 2. The Morgan fingerprint density at radius 1 is 0.867 bits per heavy atom. The van der Waals surface area contributed by atoms with Crippen LogP contribution in [0.2, 0.25) is 0 Å². The Balaban J connectivity index is 1.55. The van der Waals surface area contributed by atoms with Gasteiger partial charge in [-0.25, -0.2) is 0 Å². The maximum Gasteiger partial charge on any atom is 0.330 e. The van der Waals surface area contributed by atoms with Crippen molar-refractivity contribution in [1.29, 1.82) is 0 Å². The van der Waals surface area contributed by atoms with Crippen molar-refractivity contribution in [2.75, 3.05) is 5.43 Å². The number of hydrogen-bond acceptors (Lipinski definition) is 9. The van der Waals surface area contributed by atoms with E-state index in [1.165, 1.54) is 6.07 Å². The van der Waals surface area contributed by atoms with E-state index >= 15 is 0 Å². The zero-order valence-corrected chi connectivity index (χ0v) is 15.8. The fraction of sp³-hybridized carbons (Fsp3) is 0.0500. The van der Waals surface area contributed by atoms with Crippen LogP contribution in [0.3, 0.4) is 0 Å². The summed E-state index contributed by atoms with van der Waals surface area (Å²) in [5.41, 5.74) is 5.60. The summed E-state index contributed by atoms with van der Waals surface area (Å²) in [6.07, 6.45) is 0. The molecule has 4 aromatic rings. The van der Waals surface area contributed by atoms with Crippen LogP contribution in [-0.4, -0.2) is 26.0 Å². The number of benzene rings is 2. The molecule has 1 amide bonds. The minimum atomic E-state index is -0.549. The van der Waals surface area contributed by atoms with Gasteiger partial charge in [0.2, 0.25) is 5.76 Å². The summed E-state index contributed by atoms with van der Waals surface area (Å²) in [5.74, 6) is 0.553. The first-order valence-electron chi connectivity index (χ1n) is 8.87. The maximum atomic E-state index is 12.1. The third kappa shape index (κ3) is 4.87. The van der Waals surface area contributed by atoms with Crippen LogP contribution < -0.4 is 20.3 Å². The van der Waals surface area contributed by atoms with Crippen LogP contribution in [0.4, 0.5) is 5.95 Å². The molecule has 0 bridgehead atoms. The van der Waals surface area contributed by atoms with E-state index < -0.39 is 5.91 Å². The highest BCUT2D eigenvalue weighted by atomic mass is 16.5. The van der Waals surface area contributed by atoms with Crippen LogP contribution in [0, 0.1) is 6.92 Å². The number of para-hydroxylation sites is 2. The summed E-state index contributed by atoms with van der Waals surface area (Å²) >= 11 is 0. The van der Waals surface area contributed by atoms with Crippen molar-refractivity contribution in [2.24, 2.45) is 0 Å². The lowest BCUT2D eigenvalue weighted by molar-refractivity contribution is 0.0925. The van der Waals surface area contributed by atoms with E-state index in [0.29, 0.717) is 17.2 Å². The number of carbonyl (C=O) groups excluding carboxylic acids is 1. The predicted octanol–water partition coefficient (Wildman–Crippen LogP) is 3.51. The van der Waals surface area contributed by atoms with E-state index in [1.54, 1.807) is 31.2 Å². The molecule has 0 aliphatic rings. The monoisotopic (exact) mass is 404 g/mol. The summed E-state index contributed by atoms with van der Waals surface area (Å²) < 4.78 is 16.3. The molecule has 2 aromatic carbocycles. The summed E-state index contributed by atoms with van der Waals surface area (Å²) in [4.78, 5) is 24.6. The normalized spacial score (nSPS) is 10.3. The Hall–Kier alpha value is -4.47. The fourth-order valence-corrected chi connectivity index (χ4v) is 2.32. The standard InChI is InChI=1S/C20H16N6O4/c1-13-12-16(30-26-13)17(27)24-25-18-21-19(28-14-8-4-2-5-9-14)23-20(22-18)29-15-10-6-3-7-11-15/h2-12H,1H3,(H,24,27)(H,21,22,23,25). The number of hydrazine groups is 1. The summed E-state index contributed by atoms with van der Waals surface area (Å²) in [6.45, 7) is 1.71. The molecule has 0 radical (unpaired) electrons. The summed E-state index contributed by atoms with van der Waals surface area (Å²) in [7, 11) is 0. The lowest BCUT2D eigenvalue weighted by Crippen LogP contribution is -2.30. The van der Waals surface area contributed by atoms with Gasteiger partial charge in [0.25, 0.3) is 5.95 Å². The molecule has 10 heteroatoms. The van der Waals surface area contributed by atoms with E-state index in [-0.39, 0.29) is 23.7 Å². The molecule has 0 aliphatic carbocycles. The third-order valence-corrected chi connectivity index (χ3v) is 3.64. The highest BCUT2D eigenvalue weighted by Gasteiger charge is 2.14. The Bertz CT molecular complexity index is 1070. The highest BCUT2D eigenvalue weighted by Crippen LogP contribution is 2.23. The van der Waals surface area contributed by atoms with Gasteiger partial charge in [0.15, 0.2) is 0 Å². The molecule has 2 N–H and O–H groups in total. The van der Waals surface area contributed by atoms with Crippen LogP contribution in [0.25, 0.3) is 0 Å². The largest absolute Gasteiger partial charge is 0.424 e. The number of ether oxygens (including phenoxy) is 2. The highest BCUT2D eigenvalue weighted by molar-refractivity contribution is 5.91. The molecule has 0 saturated heterocycles. The van der Waals surface area contributed by atoms with Gasteiger partial charge < -0.3 is 14.0 Å². The lowest BCUT2D eigenvalue weighted by Gasteiger charge is -2.10. The van der Waals surface area contributed by atoms with Gasteiger partial charge in [0, 0.05) is 6.07 Å². The molecular formula is C20H16N6O4. The van der Waals surface area contributed by atoms with Crippen molar-refractivity contribution in [1.82, 2.24) is 25.5 Å². The number of rotatable bonds is 7. The van der Waals surface area contributed by atoms with Gasteiger partial charge in [-0.2, -0.15) is 9.97 Å². The van der Waals surface area contributed by atoms with Crippen LogP contribution in [0.5, 0.6) is 23.5 Å². The van der Waals surface area contributed by atoms with Gasteiger partial charge in [0.05, 0.1) is 5.69 Å². The van der Waals surface area contributed by atoms with Crippen molar-refractivity contribution in [2.45, 2.75) is 6.92 Å². The van der Waals surface area contributed by atoms with Crippen LogP contribution >= 0.6 is 0 Å². The Labute approximate surface area is 170 Å². The van der Waals surface area contributed by atoms with E-state index in [4.69, 9.17) is 14.0 Å². The molecule has 0 atom stereocenters. The van der Waals surface area contributed by atoms with Crippen LogP contribution in [0.1, 0.15) is 16.2 Å². The molecular weight excluding hydrogens is 388 g/mol. The number of anilines is 1. The van der Waals surface area contributed by atoms with Gasteiger partial charge in [-0.15, -0.1) is 4.98 Å². The smallest absolute Gasteiger partial charge is 0.330 e. The van der Waals surface area contributed by atoms with Crippen molar-refractivity contribution >= 4 is 11.9 Å². The van der Waals surface area contributed by atoms with E-state index in [9.17, 15) is 4.79 Å². The van der Waals surface area contributed by atoms with E-state index in [2.05, 4.69) is 31.0 Å². The second kappa shape index (κ2) is 8.69. The first kappa shape index (κ1) is 18.9. The summed E-state index contributed by atoms with van der Waals surface area (Å²) in [6, 6.07) is 19.5. The zero-order valence-electron chi connectivity index (χ0n) is 15.8. The van der Waals surface area contributed by atoms with Crippen molar-refractivity contribution in [3.05, 3.63) is 78.2 Å². The molecule has 0 aliphatic heterocycles. The Morgan fingerprint density at radius 3 is 1.93 bits per heavy atom. The fourth-order valence-electron chi connectivity index (χ4n) is 2.32. The first-order chi connectivity index (χ1) is 14.7. The van der Waals surface area contributed by atoms with Crippen molar-refractivity contribution in [3.63, 3.8) is 0 Å². The quantitative estimate of drug-likeness (QED) is 0.445. The molecule has 0 fully saturated rings. The van der Waals surface area contributed by atoms with Crippen LogP contribution in [0.15, 0.2) is 71.3 Å². The number of nitrogens with zero attached hydrogens (tertiary/aromatic N) is 4. The molecule has 2 heterocycles. The lowest BCUT2D eigenvalue weighted by atomic mass is 10.3. The maximum absolute atomic E-state index is 12.1. The molecule has 150 valence electrons. The van der Waals surface area contributed by atoms with Crippen molar-refractivity contribution < 1.29 is 18.8 Å². The van der Waals surface area contributed by atoms with Crippen molar-refractivity contribution in [3.8, 4) is 23.5 Å². The number of amides is 1. The second-order valence-electron chi connectivity index (χ2n) is 5.97. The van der Waals surface area contributed by atoms with Gasteiger partial charge in [-0.1, -0.05) is 41.6 Å². The van der Waals surface area contributed by atoms with E-state index in [1.807, 2.05) is 36.4 Å². The molecule has 0 saturated carbocycles. The molecule has 4 rings (SSSR count). The topological polar surface area (TPSA) is 124 Å². The van der Waals surface area contributed by atoms with Gasteiger partial charge in [0.1, 0.15) is 11.5 Å². The predicted molar refractivity (Wildman–Crippen MR) is 105 cm³/mol. The molecule has 0 unspecified atom stereocenters. The number of aromatic nitrogens is 4. The van der Waals surface area contributed by atoms with Gasteiger partial charge in [-0.3, -0.25) is 15.6 Å². The number of hydrogen-bond donors (Lipinski definition) is 2. The second-order valence-corrected chi connectivity index (χ2v) is 5.97. The number of carbonyl (C=O) groups is 1. The third-order valence-electron chi connectivity index (χ3n) is 3.64. The molecule has 2 aromatic heterocycles. The Morgan fingerprint density at radius 2 is 1.43 bits per heavy atom. The Kier molecular flexibility index (Phi) is 5.47. The van der Waals surface area contributed by atoms with E-state index in [0.717, 1.165) is 0 Å². The minimum absolute atomic E-state index is 0.00597. The average molecular weight is 404 g/mol. The molecule has 30 heavy (non-hydrogen) atoms. The SMILES string of the molecule is Cc1cc(C(=O)NNc2nc(Oc3ccccc3)nc(Oc3ccccc3)n2)on1. The summed E-state index contributed by atoms with van der Waals surface area (Å²) in [5, 5.41) is 3.67. The van der Waals surface area contributed by atoms with Gasteiger partial charge in [-0.05, 0) is 31.2 Å². The zero-order chi connectivity index (χ0) is 20.8. The minimum Gasteiger partial charge on any atom is -0.424 e. The average Bonchev–Trinajstić information content (AvgIpc) is 3.20. The molecule has 0 spiro atoms. The number of aryl methyl sites for hydroxylation is 1.